The first-order valence-electron chi connectivity index (χ1n) is 3.78. The number of halogens is 3. The molecule has 0 saturated heterocycles. The molecule has 0 aliphatic heterocycles. The summed E-state index contributed by atoms with van der Waals surface area (Å²) in [5, 5.41) is 2.16. The lowest BCUT2D eigenvalue weighted by Crippen LogP contribution is -1.83. The molecule has 0 bridgehead atoms. The first-order valence-corrected chi connectivity index (χ1v) is 6.18. The van der Waals surface area contributed by atoms with Crippen molar-refractivity contribution in [2.75, 3.05) is 0 Å². The normalized spacial score (nSPS) is 11.5. The first kappa shape index (κ1) is 10.6. The van der Waals surface area contributed by atoms with Crippen LogP contribution < -0.4 is 0 Å². The van der Waals surface area contributed by atoms with Crippen LogP contribution in [0, 0.1) is 3.57 Å². The first-order chi connectivity index (χ1) is 6.61. The van der Waals surface area contributed by atoms with Crippen molar-refractivity contribution in [2.24, 2.45) is 0 Å². The molecular formula is C9H5F2IS2. The Balaban J connectivity index is 2.84. The number of benzene rings is 1. The Morgan fingerprint density at radius 2 is 2.07 bits per heavy atom. The Morgan fingerprint density at radius 3 is 2.71 bits per heavy atom. The number of rotatable bonds is 1. The van der Waals surface area contributed by atoms with Gasteiger partial charge in [-0.1, -0.05) is 0 Å². The van der Waals surface area contributed by atoms with E-state index < -0.39 is 6.43 Å². The van der Waals surface area contributed by atoms with Crippen molar-refractivity contribution in [1.29, 1.82) is 0 Å². The number of thiol groups is 1. The lowest BCUT2D eigenvalue weighted by Gasteiger charge is -2.01. The molecule has 0 aliphatic rings. The Labute approximate surface area is 103 Å². The van der Waals surface area contributed by atoms with Crippen molar-refractivity contribution in [3.8, 4) is 0 Å². The quantitative estimate of drug-likeness (QED) is 0.562. The van der Waals surface area contributed by atoms with Crippen LogP contribution in [0.1, 0.15) is 12.0 Å². The van der Waals surface area contributed by atoms with Crippen molar-refractivity contribution in [3.63, 3.8) is 0 Å². The topological polar surface area (TPSA) is 0 Å². The summed E-state index contributed by atoms with van der Waals surface area (Å²) in [6.07, 6.45) is -2.41. The molecule has 1 aromatic heterocycles. The molecule has 0 nitrogen and oxygen atoms in total. The van der Waals surface area contributed by atoms with Gasteiger partial charge >= 0.3 is 0 Å². The molecule has 0 amide bonds. The molecule has 1 heterocycles. The third-order valence-corrected chi connectivity index (χ3v) is 4.37. The molecule has 0 aliphatic carbocycles. The second kappa shape index (κ2) is 3.94. The van der Waals surface area contributed by atoms with Gasteiger partial charge in [-0.05, 0) is 34.7 Å². The molecule has 14 heavy (non-hydrogen) atoms. The fourth-order valence-electron chi connectivity index (χ4n) is 1.28. The number of hydrogen-bond donors (Lipinski definition) is 1. The molecular weight excluding hydrogens is 337 g/mol. The zero-order chi connectivity index (χ0) is 10.3. The third-order valence-electron chi connectivity index (χ3n) is 1.91. The van der Waals surface area contributed by atoms with Crippen LogP contribution >= 0.6 is 46.6 Å². The van der Waals surface area contributed by atoms with Crippen molar-refractivity contribution in [1.82, 2.24) is 0 Å². The number of thiophene rings is 1. The van der Waals surface area contributed by atoms with Gasteiger partial charge in [-0.15, -0.1) is 24.0 Å². The van der Waals surface area contributed by atoms with Crippen LogP contribution in [0.5, 0.6) is 0 Å². The molecule has 5 heteroatoms. The minimum Gasteiger partial charge on any atom is -0.205 e. The molecule has 1 aromatic carbocycles. The SMILES string of the molecule is FC(F)c1csc2c(S)ccc(I)c12. The van der Waals surface area contributed by atoms with Crippen LogP contribution in [0.2, 0.25) is 0 Å². The molecule has 0 radical (unpaired) electrons. The van der Waals surface area contributed by atoms with E-state index in [4.69, 9.17) is 0 Å². The largest absolute Gasteiger partial charge is 0.265 e. The van der Waals surface area contributed by atoms with E-state index >= 15 is 0 Å². The fraction of sp³-hybridized carbons (Fsp3) is 0.111. The maximum absolute atomic E-state index is 12.6. The van der Waals surface area contributed by atoms with E-state index in [2.05, 4.69) is 35.2 Å². The summed E-state index contributed by atoms with van der Waals surface area (Å²) < 4.78 is 26.9. The highest BCUT2D eigenvalue weighted by Gasteiger charge is 2.16. The van der Waals surface area contributed by atoms with Gasteiger partial charge in [-0.2, -0.15) is 0 Å². The highest BCUT2D eigenvalue weighted by molar-refractivity contribution is 14.1. The minimum atomic E-state index is -2.41. The third kappa shape index (κ3) is 1.65. The van der Waals surface area contributed by atoms with Crippen molar-refractivity contribution in [3.05, 3.63) is 26.6 Å². The van der Waals surface area contributed by atoms with Crippen LogP contribution in [0.15, 0.2) is 22.4 Å². The van der Waals surface area contributed by atoms with Crippen LogP contribution in [0.25, 0.3) is 10.1 Å². The molecule has 74 valence electrons. The monoisotopic (exact) mass is 342 g/mol. The van der Waals surface area contributed by atoms with E-state index in [0.717, 1.165) is 13.2 Å². The summed E-state index contributed by atoms with van der Waals surface area (Å²) in [6, 6.07) is 3.64. The maximum atomic E-state index is 12.6. The zero-order valence-electron chi connectivity index (χ0n) is 6.80. The Kier molecular flexibility index (Phi) is 2.99. The van der Waals surface area contributed by atoms with Crippen molar-refractivity contribution in [2.45, 2.75) is 11.3 Å². The van der Waals surface area contributed by atoms with Gasteiger partial charge in [-0.3, -0.25) is 0 Å². The summed E-state index contributed by atoms with van der Waals surface area (Å²) in [5.74, 6) is 0. The second-order valence-corrected chi connectivity index (χ2v) is 5.29. The molecule has 0 spiro atoms. The zero-order valence-corrected chi connectivity index (χ0v) is 10.7. The predicted octanol–water partition coefficient (Wildman–Crippen LogP) is 4.73. The Hall–Kier alpha value is 0.120. The number of hydrogen-bond acceptors (Lipinski definition) is 2. The Morgan fingerprint density at radius 1 is 1.36 bits per heavy atom. The molecule has 2 aromatic rings. The molecule has 2 rings (SSSR count). The summed E-state index contributed by atoms with van der Waals surface area (Å²) >= 11 is 7.63. The molecule has 0 saturated carbocycles. The summed E-state index contributed by atoms with van der Waals surface area (Å²) in [6.45, 7) is 0. The summed E-state index contributed by atoms with van der Waals surface area (Å²) in [5.41, 5.74) is 0.116. The summed E-state index contributed by atoms with van der Waals surface area (Å²) in [4.78, 5) is 0.761. The smallest absolute Gasteiger partial charge is 0.205 e. The van der Waals surface area contributed by atoms with Gasteiger partial charge in [0.1, 0.15) is 0 Å². The van der Waals surface area contributed by atoms with E-state index in [-0.39, 0.29) is 5.56 Å². The molecule has 0 N–H and O–H groups in total. The van der Waals surface area contributed by atoms with Crippen molar-refractivity contribution >= 4 is 56.6 Å². The minimum absolute atomic E-state index is 0.116. The Bertz CT molecular complexity index is 479. The van der Waals surface area contributed by atoms with E-state index in [0.29, 0.717) is 5.39 Å². The van der Waals surface area contributed by atoms with Crippen LogP contribution in [0.3, 0.4) is 0 Å². The highest BCUT2D eigenvalue weighted by Crippen LogP contribution is 2.38. The van der Waals surface area contributed by atoms with Gasteiger partial charge in [0, 0.05) is 29.5 Å². The van der Waals surface area contributed by atoms with Gasteiger partial charge in [0.25, 0.3) is 6.43 Å². The van der Waals surface area contributed by atoms with Gasteiger partial charge in [0.15, 0.2) is 0 Å². The van der Waals surface area contributed by atoms with Crippen LogP contribution in [-0.4, -0.2) is 0 Å². The van der Waals surface area contributed by atoms with Crippen molar-refractivity contribution < 1.29 is 8.78 Å². The van der Waals surface area contributed by atoms with E-state index in [1.807, 2.05) is 12.1 Å². The molecule has 0 fully saturated rings. The van der Waals surface area contributed by atoms with E-state index in [9.17, 15) is 8.78 Å². The van der Waals surface area contributed by atoms with E-state index in [1.165, 1.54) is 16.7 Å². The average Bonchev–Trinajstić information content (AvgIpc) is 2.56. The molecule has 0 atom stereocenters. The number of alkyl halides is 2. The summed E-state index contributed by atoms with van der Waals surface area (Å²) in [7, 11) is 0. The standard InChI is InChI=1S/C9H5F2IS2/c10-9(11)4-3-14-8-6(13)2-1-5(12)7(4)8/h1-3,9,13H. The molecule has 0 unspecified atom stereocenters. The predicted molar refractivity (Wildman–Crippen MR) is 66.8 cm³/mol. The fourth-order valence-corrected chi connectivity index (χ4v) is 3.57. The highest BCUT2D eigenvalue weighted by atomic mass is 127. The average molecular weight is 342 g/mol. The van der Waals surface area contributed by atoms with E-state index in [1.54, 1.807) is 0 Å². The second-order valence-electron chi connectivity index (χ2n) is 2.76. The maximum Gasteiger partial charge on any atom is 0.265 e. The lowest BCUT2D eigenvalue weighted by atomic mass is 10.2. The van der Waals surface area contributed by atoms with Crippen LogP contribution in [-0.2, 0) is 0 Å². The lowest BCUT2D eigenvalue weighted by molar-refractivity contribution is 0.153. The van der Waals surface area contributed by atoms with Gasteiger partial charge in [0.05, 0.1) is 0 Å². The van der Waals surface area contributed by atoms with Gasteiger partial charge < -0.3 is 0 Å². The van der Waals surface area contributed by atoms with Crippen LogP contribution in [0.4, 0.5) is 8.78 Å². The van der Waals surface area contributed by atoms with Gasteiger partial charge in [0.2, 0.25) is 0 Å². The number of fused-ring (bicyclic) bond motifs is 1. The van der Waals surface area contributed by atoms with Gasteiger partial charge in [-0.25, -0.2) is 8.78 Å².